The van der Waals surface area contributed by atoms with Gasteiger partial charge in [-0.3, -0.25) is 0 Å². The first-order chi connectivity index (χ1) is 9.99. The zero-order chi connectivity index (χ0) is 15.1. The molecule has 0 aliphatic carbocycles. The second-order valence-electron chi connectivity index (χ2n) is 4.53. The molecule has 0 amide bonds. The summed E-state index contributed by atoms with van der Waals surface area (Å²) in [5.74, 6) is -0.244. The van der Waals surface area contributed by atoms with Crippen molar-refractivity contribution in [2.24, 2.45) is 0 Å². The molecule has 0 fully saturated rings. The smallest absolute Gasteiger partial charge is 0.163 e. The largest absolute Gasteiger partial charge is 0.225 e. The molecule has 2 aromatic carbocycles. The van der Waals surface area contributed by atoms with Crippen LogP contribution in [-0.2, 0) is 0 Å². The Kier molecular flexibility index (Phi) is 3.74. The van der Waals surface area contributed by atoms with Gasteiger partial charge in [0.05, 0.1) is 15.4 Å². The van der Waals surface area contributed by atoms with Gasteiger partial charge >= 0.3 is 0 Å². The monoisotopic (exact) mass is 340 g/mol. The van der Waals surface area contributed by atoms with E-state index in [1.807, 2.05) is 19.1 Å². The molecule has 1 heterocycles. The van der Waals surface area contributed by atoms with Gasteiger partial charge < -0.3 is 0 Å². The fourth-order valence-electron chi connectivity index (χ4n) is 2.07. The minimum absolute atomic E-state index is 0.0788. The molecule has 0 spiro atoms. The highest BCUT2D eigenvalue weighted by Crippen LogP contribution is 2.34. The Morgan fingerprint density at radius 1 is 1.00 bits per heavy atom. The average molecular weight is 342 g/mol. The summed E-state index contributed by atoms with van der Waals surface area (Å²) in [6.45, 7) is 1.87. The second-order valence-corrected chi connectivity index (χ2v) is 5.67. The molecule has 2 nitrogen and oxygen atoms in total. The van der Waals surface area contributed by atoms with E-state index in [0.29, 0.717) is 21.0 Å². The van der Waals surface area contributed by atoms with Crippen molar-refractivity contribution in [3.8, 4) is 11.4 Å². The SMILES string of the molecule is Cc1cccc(-c2nc(Cl)c3c(Cl)ccc(F)c3n2)c1Cl. The van der Waals surface area contributed by atoms with Crippen LogP contribution in [0.15, 0.2) is 30.3 Å². The van der Waals surface area contributed by atoms with Crippen molar-refractivity contribution in [1.82, 2.24) is 9.97 Å². The molecule has 0 saturated heterocycles. The van der Waals surface area contributed by atoms with Crippen molar-refractivity contribution in [3.63, 3.8) is 0 Å². The number of nitrogens with zero attached hydrogens (tertiary/aromatic N) is 2. The molecule has 0 atom stereocenters. The molecule has 3 rings (SSSR count). The highest BCUT2D eigenvalue weighted by molar-refractivity contribution is 6.41. The molecule has 0 N–H and O–H groups in total. The molecule has 106 valence electrons. The van der Waals surface area contributed by atoms with Gasteiger partial charge in [-0.25, -0.2) is 14.4 Å². The Hall–Kier alpha value is -1.42. The maximum Gasteiger partial charge on any atom is 0.163 e. The molecule has 0 aliphatic heterocycles. The van der Waals surface area contributed by atoms with Gasteiger partial charge in [0.25, 0.3) is 0 Å². The summed E-state index contributed by atoms with van der Waals surface area (Å²) in [4.78, 5) is 8.42. The highest BCUT2D eigenvalue weighted by atomic mass is 35.5. The summed E-state index contributed by atoms with van der Waals surface area (Å²) in [5.41, 5.74) is 1.55. The van der Waals surface area contributed by atoms with Gasteiger partial charge in [-0.15, -0.1) is 0 Å². The zero-order valence-corrected chi connectivity index (χ0v) is 13.1. The van der Waals surface area contributed by atoms with Gasteiger partial charge in [0.15, 0.2) is 5.82 Å². The van der Waals surface area contributed by atoms with Crippen molar-refractivity contribution < 1.29 is 4.39 Å². The minimum atomic E-state index is -0.510. The Bertz CT molecular complexity index is 865. The van der Waals surface area contributed by atoms with E-state index in [0.717, 1.165) is 5.56 Å². The van der Waals surface area contributed by atoms with Crippen molar-refractivity contribution in [3.05, 3.63) is 56.9 Å². The first kappa shape index (κ1) is 14.5. The van der Waals surface area contributed by atoms with E-state index in [4.69, 9.17) is 34.8 Å². The van der Waals surface area contributed by atoms with Crippen LogP contribution >= 0.6 is 34.8 Å². The lowest BCUT2D eigenvalue weighted by molar-refractivity contribution is 0.636. The lowest BCUT2D eigenvalue weighted by Crippen LogP contribution is -1.96. The van der Waals surface area contributed by atoms with E-state index in [-0.39, 0.29) is 16.5 Å². The number of hydrogen-bond acceptors (Lipinski definition) is 2. The third-order valence-corrected chi connectivity index (χ3v) is 4.23. The van der Waals surface area contributed by atoms with Gasteiger partial charge in [0.2, 0.25) is 0 Å². The number of halogens is 4. The molecule has 0 aliphatic rings. The molecule has 0 saturated carbocycles. The summed E-state index contributed by atoms with van der Waals surface area (Å²) in [6, 6.07) is 8.12. The van der Waals surface area contributed by atoms with E-state index in [9.17, 15) is 4.39 Å². The topological polar surface area (TPSA) is 25.8 Å². The number of fused-ring (bicyclic) bond motifs is 1. The third-order valence-electron chi connectivity index (χ3n) is 3.14. The van der Waals surface area contributed by atoms with Crippen molar-refractivity contribution in [2.45, 2.75) is 6.92 Å². The molecular weight excluding hydrogens is 334 g/mol. The van der Waals surface area contributed by atoms with Crippen LogP contribution in [0.25, 0.3) is 22.3 Å². The van der Waals surface area contributed by atoms with E-state index >= 15 is 0 Å². The summed E-state index contributed by atoms with van der Waals surface area (Å²) < 4.78 is 14.0. The molecule has 21 heavy (non-hydrogen) atoms. The van der Waals surface area contributed by atoms with E-state index in [1.165, 1.54) is 12.1 Å². The predicted octanol–water partition coefficient (Wildman–Crippen LogP) is 5.70. The minimum Gasteiger partial charge on any atom is -0.225 e. The zero-order valence-electron chi connectivity index (χ0n) is 10.8. The van der Waals surface area contributed by atoms with Crippen LogP contribution in [0.2, 0.25) is 15.2 Å². The van der Waals surface area contributed by atoms with Crippen LogP contribution in [0.3, 0.4) is 0 Å². The number of aromatic nitrogens is 2. The summed E-state index contributed by atoms with van der Waals surface area (Å²) in [7, 11) is 0. The fraction of sp³-hybridized carbons (Fsp3) is 0.0667. The lowest BCUT2D eigenvalue weighted by atomic mass is 10.1. The van der Waals surface area contributed by atoms with Gasteiger partial charge in [0, 0.05) is 5.56 Å². The van der Waals surface area contributed by atoms with Crippen LogP contribution in [-0.4, -0.2) is 9.97 Å². The lowest BCUT2D eigenvalue weighted by Gasteiger charge is -2.09. The Morgan fingerprint density at radius 3 is 2.52 bits per heavy atom. The normalized spacial score (nSPS) is 11.1. The van der Waals surface area contributed by atoms with Gasteiger partial charge in [0.1, 0.15) is 16.5 Å². The van der Waals surface area contributed by atoms with Crippen molar-refractivity contribution in [1.29, 1.82) is 0 Å². The average Bonchev–Trinajstić information content (AvgIpc) is 2.45. The van der Waals surface area contributed by atoms with Crippen LogP contribution in [0.4, 0.5) is 4.39 Å². The Morgan fingerprint density at radius 2 is 1.76 bits per heavy atom. The highest BCUT2D eigenvalue weighted by Gasteiger charge is 2.16. The summed E-state index contributed by atoms with van der Waals surface area (Å²) in [6.07, 6.45) is 0. The first-order valence-electron chi connectivity index (χ1n) is 6.06. The first-order valence-corrected chi connectivity index (χ1v) is 7.19. The number of benzene rings is 2. The molecule has 0 radical (unpaired) electrons. The maximum absolute atomic E-state index is 14.0. The summed E-state index contributed by atoms with van der Waals surface area (Å²) >= 11 is 18.4. The van der Waals surface area contributed by atoms with E-state index in [1.54, 1.807) is 6.07 Å². The molecule has 1 aromatic heterocycles. The predicted molar refractivity (Wildman–Crippen MR) is 84.7 cm³/mol. The quantitative estimate of drug-likeness (QED) is 0.530. The van der Waals surface area contributed by atoms with Crippen molar-refractivity contribution in [2.75, 3.05) is 0 Å². The Labute approximate surface area is 135 Å². The van der Waals surface area contributed by atoms with Gasteiger partial charge in [-0.05, 0) is 30.7 Å². The van der Waals surface area contributed by atoms with E-state index < -0.39 is 5.82 Å². The molecular formula is C15H8Cl3FN2. The summed E-state index contributed by atoms with van der Waals surface area (Å²) in [5, 5.41) is 1.21. The maximum atomic E-state index is 14.0. The van der Waals surface area contributed by atoms with Gasteiger partial charge in [-0.2, -0.15) is 0 Å². The number of rotatable bonds is 1. The molecule has 6 heteroatoms. The third kappa shape index (κ3) is 2.46. The Balaban J connectivity index is 2.36. The molecule has 3 aromatic rings. The van der Waals surface area contributed by atoms with Gasteiger partial charge in [-0.1, -0.05) is 46.9 Å². The van der Waals surface area contributed by atoms with Crippen LogP contribution < -0.4 is 0 Å². The van der Waals surface area contributed by atoms with Crippen LogP contribution in [0, 0.1) is 12.7 Å². The second kappa shape index (κ2) is 5.41. The van der Waals surface area contributed by atoms with Crippen molar-refractivity contribution >= 4 is 45.7 Å². The van der Waals surface area contributed by atoms with Crippen LogP contribution in [0.5, 0.6) is 0 Å². The number of aryl methyl sites for hydroxylation is 1. The number of hydrogen-bond donors (Lipinski definition) is 0. The molecule has 0 unspecified atom stereocenters. The molecule has 0 bridgehead atoms. The standard InChI is InChI=1S/C15H8Cl3FN2/c1-7-3-2-4-8(12(7)17)15-20-13-10(19)6-5-9(16)11(13)14(18)21-15/h2-6H,1H3. The van der Waals surface area contributed by atoms with E-state index in [2.05, 4.69) is 9.97 Å². The van der Waals surface area contributed by atoms with Crippen LogP contribution in [0.1, 0.15) is 5.56 Å². The fourth-order valence-corrected chi connectivity index (χ4v) is 2.84.